The summed E-state index contributed by atoms with van der Waals surface area (Å²) in [5, 5.41) is 2.76. The molecule has 104 valence electrons. The van der Waals surface area contributed by atoms with Gasteiger partial charge in [0.2, 0.25) is 0 Å². The van der Waals surface area contributed by atoms with Crippen molar-refractivity contribution in [2.24, 2.45) is 0 Å². The first-order valence-corrected chi connectivity index (χ1v) is 6.81. The largest absolute Gasteiger partial charge is 0.348 e. The zero-order chi connectivity index (χ0) is 14.5. The maximum Gasteiger partial charge on any atom is 0.251 e. The highest BCUT2D eigenvalue weighted by Gasteiger charge is 2.06. The van der Waals surface area contributed by atoms with Gasteiger partial charge in [-0.2, -0.15) is 0 Å². The molecule has 2 aromatic rings. The number of halogens is 2. The molecule has 0 atom stereocenters. The number of carbonyl (C=O) groups is 1. The van der Waals surface area contributed by atoms with Gasteiger partial charge < -0.3 is 5.32 Å². The van der Waals surface area contributed by atoms with E-state index in [9.17, 15) is 9.18 Å². The summed E-state index contributed by atoms with van der Waals surface area (Å²) < 4.78 is 13.4. The average Bonchev–Trinajstić information content (AvgIpc) is 2.48. The Morgan fingerprint density at radius 2 is 1.80 bits per heavy atom. The van der Waals surface area contributed by atoms with E-state index in [0.29, 0.717) is 23.6 Å². The number of hydrogen-bond donors (Lipinski definition) is 1. The Bertz CT molecular complexity index is 610. The molecule has 0 unspecified atom stereocenters. The molecule has 0 aliphatic rings. The standard InChI is InChI=1S/C16H15ClFNO/c1-11-2-3-13(8-15(11)18)10-19-16(20)14-6-4-12(9-17)5-7-14/h2-8H,9-10H2,1H3,(H,19,20). The molecule has 20 heavy (non-hydrogen) atoms. The van der Waals surface area contributed by atoms with E-state index in [0.717, 1.165) is 11.1 Å². The normalized spacial score (nSPS) is 10.3. The first-order chi connectivity index (χ1) is 9.60. The quantitative estimate of drug-likeness (QED) is 0.853. The fourth-order valence-corrected chi connectivity index (χ4v) is 1.95. The molecular weight excluding hydrogens is 277 g/mol. The number of carbonyl (C=O) groups excluding carboxylic acids is 1. The van der Waals surface area contributed by atoms with Crippen LogP contribution in [0.4, 0.5) is 4.39 Å². The maximum absolute atomic E-state index is 13.4. The molecule has 4 heteroatoms. The van der Waals surface area contributed by atoms with Gasteiger partial charge in [-0.1, -0.05) is 24.3 Å². The maximum atomic E-state index is 13.4. The topological polar surface area (TPSA) is 29.1 Å². The highest BCUT2D eigenvalue weighted by molar-refractivity contribution is 6.17. The van der Waals surface area contributed by atoms with Crippen molar-refractivity contribution in [3.63, 3.8) is 0 Å². The Morgan fingerprint density at radius 1 is 1.15 bits per heavy atom. The van der Waals surface area contributed by atoms with E-state index in [1.807, 2.05) is 12.1 Å². The fraction of sp³-hybridized carbons (Fsp3) is 0.188. The van der Waals surface area contributed by atoms with E-state index in [2.05, 4.69) is 5.32 Å². The van der Waals surface area contributed by atoms with Crippen molar-refractivity contribution in [2.45, 2.75) is 19.3 Å². The van der Waals surface area contributed by atoms with Crippen LogP contribution in [0.5, 0.6) is 0 Å². The second-order valence-electron chi connectivity index (χ2n) is 4.60. The van der Waals surface area contributed by atoms with E-state index in [1.165, 1.54) is 6.07 Å². The second-order valence-corrected chi connectivity index (χ2v) is 4.86. The van der Waals surface area contributed by atoms with Gasteiger partial charge in [-0.3, -0.25) is 4.79 Å². The van der Waals surface area contributed by atoms with Gasteiger partial charge in [0, 0.05) is 18.0 Å². The molecule has 0 fully saturated rings. The number of benzene rings is 2. The van der Waals surface area contributed by atoms with Crippen LogP contribution in [0.25, 0.3) is 0 Å². The Morgan fingerprint density at radius 3 is 2.40 bits per heavy atom. The lowest BCUT2D eigenvalue weighted by atomic mass is 10.1. The molecule has 0 heterocycles. The molecule has 1 N–H and O–H groups in total. The van der Waals surface area contributed by atoms with Gasteiger partial charge in [0.1, 0.15) is 5.82 Å². The number of aryl methyl sites for hydroxylation is 1. The minimum Gasteiger partial charge on any atom is -0.348 e. The molecule has 2 rings (SSSR count). The third-order valence-corrected chi connectivity index (χ3v) is 3.37. The summed E-state index contributed by atoms with van der Waals surface area (Å²) in [6.07, 6.45) is 0. The minimum absolute atomic E-state index is 0.188. The third kappa shape index (κ3) is 3.58. The summed E-state index contributed by atoms with van der Waals surface area (Å²) in [6, 6.07) is 12.0. The lowest BCUT2D eigenvalue weighted by Crippen LogP contribution is -2.22. The summed E-state index contributed by atoms with van der Waals surface area (Å²) in [6.45, 7) is 2.00. The summed E-state index contributed by atoms with van der Waals surface area (Å²) in [7, 11) is 0. The second kappa shape index (κ2) is 6.53. The molecule has 0 saturated heterocycles. The van der Waals surface area contributed by atoms with Crippen molar-refractivity contribution in [2.75, 3.05) is 0 Å². The predicted octanol–water partition coefficient (Wildman–Crippen LogP) is 3.80. The van der Waals surface area contributed by atoms with E-state index < -0.39 is 0 Å². The van der Waals surface area contributed by atoms with Crippen molar-refractivity contribution in [3.8, 4) is 0 Å². The van der Waals surface area contributed by atoms with E-state index in [4.69, 9.17) is 11.6 Å². The predicted molar refractivity (Wildman–Crippen MR) is 78.3 cm³/mol. The Balaban J connectivity index is 1.98. The minimum atomic E-state index is -0.261. The first kappa shape index (κ1) is 14.5. The molecule has 1 amide bonds. The third-order valence-electron chi connectivity index (χ3n) is 3.06. The van der Waals surface area contributed by atoms with Crippen molar-refractivity contribution in [3.05, 3.63) is 70.5 Å². The average molecular weight is 292 g/mol. The summed E-state index contributed by atoms with van der Waals surface area (Å²) in [5.41, 5.74) is 2.85. The van der Waals surface area contributed by atoms with E-state index in [-0.39, 0.29) is 11.7 Å². The van der Waals surface area contributed by atoms with Crippen LogP contribution in [0.1, 0.15) is 27.0 Å². The van der Waals surface area contributed by atoms with Gasteiger partial charge in [0.15, 0.2) is 0 Å². The highest BCUT2D eigenvalue weighted by atomic mass is 35.5. The molecule has 0 aliphatic heterocycles. The molecule has 0 aliphatic carbocycles. The van der Waals surface area contributed by atoms with Crippen LogP contribution >= 0.6 is 11.6 Å². The lowest BCUT2D eigenvalue weighted by molar-refractivity contribution is 0.0951. The van der Waals surface area contributed by atoms with E-state index in [1.54, 1.807) is 31.2 Å². The Labute approximate surface area is 122 Å². The van der Waals surface area contributed by atoms with Gasteiger partial charge in [0.05, 0.1) is 0 Å². The van der Waals surface area contributed by atoms with Gasteiger partial charge >= 0.3 is 0 Å². The fourth-order valence-electron chi connectivity index (χ4n) is 1.78. The number of nitrogens with one attached hydrogen (secondary N) is 1. The molecule has 2 nitrogen and oxygen atoms in total. The number of rotatable bonds is 4. The van der Waals surface area contributed by atoms with Crippen LogP contribution in [0.3, 0.4) is 0 Å². The molecular formula is C16H15ClFNO. The molecule has 0 saturated carbocycles. The zero-order valence-electron chi connectivity index (χ0n) is 11.1. The van der Waals surface area contributed by atoms with Crippen LogP contribution in [-0.2, 0) is 12.4 Å². The monoisotopic (exact) mass is 291 g/mol. The SMILES string of the molecule is Cc1ccc(CNC(=O)c2ccc(CCl)cc2)cc1F. The first-order valence-electron chi connectivity index (χ1n) is 6.28. The molecule has 0 aromatic heterocycles. The smallest absolute Gasteiger partial charge is 0.251 e. The number of hydrogen-bond acceptors (Lipinski definition) is 1. The Hall–Kier alpha value is -1.87. The molecule has 0 spiro atoms. The van der Waals surface area contributed by atoms with E-state index >= 15 is 0 Å². The lowest BCUT2D eigenvalue weighted by Gasteiger charge is -2.07. The van der Waals surface area contributed by atoms with Crippen molar-refractivity contribution in [1.29, 1.82) is 0 Å². The van der Waals surface area contributed by atoms with Crippen LogP contribution < -0.4 is 5.32 Å². The Kier molecular flexibility index (Phi) is 4.74. The number of amides is 1. The molecule has 0 bridgehead atoms. The van der Waals surface area contributed by atoms with Crippen LogP contribution in [-0.4, -0.2) is 5.91 Å². The van der Waals surface area contributed by atoms with Gasteiger partial charge in [0.25, 0.3) is 5.91 Å². The summed E-state index contributed by atoms with van der Waals surface area (Å²) >= 11 is 5.69. The molecule has 0 radical (unpaired) electrons. The van der Waals surface area contributed by atoms with Crippen LogP contribution in [0, 0.1) is 12.7 Å². The van der Waals surface area contributed by atoms with Gasteiger partial charge in [-0.05, 0) is 41.8 Å². The van der Waals surface area contributed by atoms with Crippen molar-refractivity contribution >= 4 is 17.5 Å². The highest BCUT2D eigenvalue weighted by Crippen LogP contribution is 2.10. The summed E-state index contributed by atoms with van der Waals surface area (Å²) in [4.78, 5) is 11.9. The van der Waals surface area contributed by atoms with Crippen LogP contribution in [0.2, 0.25) is 0 Å². The number of alkyl halides is 1. The van der Waals surface area contributed by atoms with Crippen molar-refractivity contribution < 1.29 is 9.18 Å². The van der Waals surface area contributed by atoms with Gasteiger partial charge in [-0.15, -0.1) is 11.6 Å². The summed E-state index contributed by atoms with van der Waals surface area (Å²) in [5.74, 6) is -0.0276. The van der Waals surface area contributed by atoms with Gasteiger partial charge in [-0.25, -0.2) is 4.39 Å². The van der Waals surface area contributed by atoms with Crippen LogP contribution in [0.15, 0.2) is 42.5 Å². The van der Waals surface area contributed by atoms with Crippen molar-refractivity contribution in [1.82, 2.24) is 5.32 Å². The molecule has 2 aromatic carbocycles. The zero-order valence-corrected chi connectivity index (χ0v) is 11.9.